The van der Waals surface area contributed by atoms with Crippen LogP contribution < -0.4 is 0 Å². The van der Waals surface area contributed by atoms with Gasteiger partial charge in [0.2, 0.25) is 0 Å². The van der Waals surface area contributed by atoms with E-state index in [0.29, 0.717) is 5.57 Å². The number of pyridine rings is 1. The van der Waals surface area contributed by atoms with E-state index in [1.807, 2.05) is 0 Å². The number of hydrogen-bond acceptors (Lipinski definition) is 5. The van der Waals surface area contributed by atoms with E-state index in [1.54, 1.807) is 6.92 Å². The van der Waals surface area contributed by atoms with Gasteiger partial charge in [-0.15, -0.1) is 0 Å². The van der Waals surface area contributed by atoms with E-state index in [2.05, 4.69) is 16.3 Å². The summed E-state index contributed by atoms with van der Waals surface area (Å²) in [6.45, 7) is 5.18. The van der Waals surface area contributed by atoms with Crippen molar-refractivity contribution in [2.45, 2.75) is 6.92 Å². The van der Waals surface area contributed by atoms with Crippen LogP contribution in [0, 0.1) is 10.1 Å². The second kappa shape index (κ2) is 4.52. The molecule has 84 valence electrons. The molecule has 1 aromatic rings. The molecule has 0 aliphatic rings. The Morgan fingerprint density at radius 2 is 2.25 bits per heavy atom. The van der Waals surface area contributed by atoms with Gasteiger partial charge < -0.3 is 4.74 Å². The minimum Gasteiger partial charge on any atom is -0.465 e. The fourth-order valence-corrected chi connectivity index (χ4v) is 1.15. The van der Waals surface area contributed by atoms with E-state index >= 15 is 0 Å². The van der Waals surface area contributed by atoms with E-state index in [-0.39, 0.29) is 16.9 Å². The molecular formula is C10H10N2O4. The summed E-state index contributed by atoms with van der Waals surface area (Å²) in [5, 5.41) is 10.8. The summed E-state index contributed by atoms with van der Waals surface area (Å²) in [5.41, 5.74) is 0.412. The van der Waals surface area contributed by atoms with Crippen molar-refractivity contribution in [1.82, 2.24) is 4.98 Å². The summed E-state index contributed by atoms with van der Waals surface area (Å²) in [5.74, 6) is -0.663. The zero-order valence-corrected chi connectivity index (χ0v) is 8.89. The van der Waals surface area contributed by atoms with E-state index < -0.39 is 10.9 Å². The maximum Gasteiger partial charge on any atom is 0.339 e. The molecule has 1 aromatic heterocycles. The first-order valence-corrected chi connectivity index (χ1v) is 4.36. The molecule has 6 nitrogen and oxygen atoms in total. The van der Waals surface area contributed by atoms with Crippen molar-refractivity contribution in [3.8, 4) is 0 Å². The Morgan fingerprint density at radius 1 is 1.62 bits per heavy atom. The first kappa shape index (κ1) is 11.8. The number of aromatic nitrogens is 1. The number of methoxy groups -OCH3 is 1. The van der Waals surface area contributed by atoms with Gasteiger partial charge in [-0.2, -0.15) is 0 Å². The number of carbonyl (C=O) groups is 1. The molecule has 0 fully saturated rings. The average molecular weight is 222 g/mol. The Morgan fingerprint density at radius 3 is 2.69 bits per heavy atom. The summed E-state index contributed by atoms with van der Waals surface area (Å²) in [7, 11) is 1.20. The fraction of sp³-hybridized carbons (Fsp3) is 0.200. The lowest BCUT2D eigenvalue weighted by Gasteiger charge is -2.03. The molecule has 0 aromatic carbocycles. The first-order valence-electron chi connectivity index (χ1n) is 4.36. The Labute approximate surface area is 91.7 Å². The number of nitrogens with zero attached hydrogens (tertiary/aromatic N) is 2. The molecule has 0 spiro atoms. The Bertz CT molecular complexity index is 468. The summed E-state index contributed by atoms with van der Waals surface area (Å²) in [4.78, 5) is 25.1. The summed E-state index contributed by atoms with van der Waals surface area (Å²) < 4.78 is 4.45. The molecule has 16 heavy (non-hydrogen) atoms. The number of nitro groups is 1. The molecule has 0 unspecified atom stereocenters. The minimum absolute atomic E-state index is 0.0409. The molecule has 6 heteroatoms. The molecule has 0 aliphatic carbocycles. The number of rotatable bonds is 3. The lowest BCUT2D eigenvalue weighted by atomic mass is 10.1. The van der Waals surface area contributed by atoms with Gasteiger partial charge in [-0.05, 0) is 12.5 Å². The summed E-state index contributed by atoms with van der Waals surface area (Å²) in [6, 6.07) is 1.13. The maximum absolute atomic E-state index is 11.2. The molecular weight excluding hydrogens is 212 g/mol. The average Bonchev–Trinajstić information content (AvgIpc) is 2.26. The van der Waals surface area contributed by atoms with Crippen molar-refractivity contribution in [2.24, 2.45) is 0 Å². The topological polar surface area (TPSA) is 82.3 Å². The van der Waals surface area contributed by atoms with Crippen molar-refractivity contribution < 1.29 is 14.5 Å². The van der Waals surface area contributed by atoms with Gasteiger partial charge in [0.05, 0.1) is 17.6 Å². The van der Waals surface area contributed by atoms with Crippen molar-refractivity contribution in [3.05, 3.63) is 40.2 Å². The Hall–Kier alpha value is -2.24. The molecule has 0 bridgehead atoms. The molecule has 0 radical (unpaired) electrons. The van der Waals surface area contributed by atoms with Crippen LogP contribution in [-0.2, 0) is 4.74 Å². The normalized spacial score (nSPS) is 9.62. The van der Waals surface area contributed by atoms with Crippen molar-refractivity contribution in [2.75, 3.05) is 7.11 Å². The van der Waals surface area contributed by atoms with Crippen LogP contribution in [0.25, 0.3) is 5.57 Å². The summed E-state index contributed by atoms with van der Waals surface area (Å²) >= 11 is 0. The van der Waals surface area contributed by atoms with E-state index in [9.17, 15) is 14.9 Å². The second-order valence-corrected chi connectivity index (χ2v) is 3.12. The number of esters is 1. The van der Waals surface area contributed by atoms with Crippen LogP contribution in [0.4, 0.5) is 5.69 Å². The largest absolute Gasteiger partial charge is 0.465 e. The van der Waals surface area contributed by atoms with Crippen LogP contribution in [0.1, 0.15) is 23.0 Å². The van der Waals surface area contributed by atoms with Gasteiger partial charge >= 0.3 is 5.97 Å². The third kappa shape index (κ3) is 2.22. The van der Waals surface area contributed by atoms with Crippen LogP contribution in [0.3, 0.4) is 0 Å². The monoisotopic (exact) mass is 222 g/mol. The van der Waals surface area contributed by atoms with Crippen molar-refractivity contribution >= 4 is 17.2 Å². The molecule has 0 saturated carbocycles. The first-order chi connectivity index (χ1) is 7.47. The highest BCUT2D eigenvalue weighted by Gasteiger charge is 2.19. The molecule has 0 atom stereocenters. The zero-order valence-electron chi connectivity index (χ0n) is 8.89. The van der Waals surface area contributed by atoms with Gasteiger partial charge in [0.15, 0.2) is 0 Å². The van der Waals surface area contributed by atoms with Crippen molar-refractivity contribution in [3.63, 3.8) is 0 Å². The van der Waals surface area contributed by atoms with Gasteiger partial charge in [-0.25, -0.2) is 9.78 Å². The SMILES string of the molecule is C=C(C)c1ncc(C(=O)OC)cc1[N+](=O)[O-]. The lowest BCUT2D eigenvalue weighted by molar-refractivity contribution is -0.385. The van der Waals surface area contributed by atoms with Crippen LogP contribution in [0.2, 0.25) is 0 Å². The minimum atomic E-state index is -0.663. The summed E-state index contributed by atoms with van der Waals surface area (Å²) in [6.07, 6.45) is 1.23. The smallest absolute Gasteiger partial charge is 0.339 e. The quantitative estimate of drug-likeness (QED) is 0.442. The van der Waals surface area contributed by atoms with Gasteiger partial charge in [0.1, 0.15) is 5.69 Å². The molecule has 1 heterocycles. The predicted molar refractivity (Wildman–Crippen MR) is 56.9 cm³/mol. The number of allylic oxidation sites excluding steroid dienone is 1. The van der Waals surface area contributed by atoms with Gasteiger partial charge in [0, 0.05) is 12.3 Å². The third-order valence-corrected chi connectivity index (χ3v) is 1.89. The second-order valence-electron chi connectivity index (χ2n) is 3.12. The highest BCUT2D eigenvalue weighted by Crippen LogP contribution is 2.23. The van der Waals surface area contributed by atoms with Crippen LogP contribution in [0.5, 0.6) is 0 Å². The van der Waals surface area contributed by atoms with Crippen LogP contribution >= 0.6 is 0 Å². The third-order valence-electron chi connectivity index (χ3n) is 1.89. The van der Waals surface area contributed by atoms with Crippen LogP contribution in [0.15, 0.2) is 18.8 Å². The van der Waals surface area contributed by atoms with Gasteiger partial charge in [0.25, 0.3) is 5.69 Å². The van der Waals surface area contributed by atoms with Crippen LogP contribution in [-0.4, -0.2) is 23.0 Å². The lowest BCUT2D eigenvalue weighted by Crippen LogP contribution is -2.05. The molecule has 0 amide bonds. The fourth-order valence-electron chi connectivity index (χ4n) is 1.15. The molecule has 0 saturated heterocycles. The predicted octanol–water partition coefficient (Wildman–Crippen LogP) is 1.81. The maximum atomic E-state index is 11.2. The Kier molecular flexibility index (Phi) is 3.34. The number of ether oxygens (including phenoxy) is 1. The van der Waals surface area contributed by atoms with Crippen molar-refractivity contribution in [1.29, 1.82) is 0 Å². The van der Waals surface area contributed by atoms with E-state index in [4.69, 9.17) is 0 Å². The zero-order chi connectivity index (χ0) is 12.3. The van der Waals surface area contributed by atoms with E-state index in [0.717, 1.165) is 6.07 Å². The molecule has 0 N–H and O–H groups in total. The van der Waals surface area contributed by atoms with E-state index in [1.165, 1.54) is 13.3 Å². The molecule has 1 rings (SSSR count). The highest BCUT2D eigenvalue weighted by atomic mass is 16.6. The highest BCUT2D eigenvalue weighted by molar-refractivity contribution is 5.90. The van der Waals surface area contributed by atoms with Gasteiger partial charge in [-0.3, -0.25) is 10.1 Å². The standard InChI is InChI=1S/C10H10N2O4/c1-6(2)9-8(12(14)15)4-7(5-11-9)10(13)16-3/h4-5H,1H2,2-3H3. The number of hydrogen-bond donors (Lipinski definition) is 0. The molecule has 0 aliphatic heterocycles. The Balaban J connectivity index is 3.34. The van der Waals surface area contributed by atoms with Gasteiger partial charge in [-0.1, -0.05) is 6.58 Å². The number of carbonyl (C=O) groups excluding carboxylic acids is 1.